The molecule has 1 aromatic heterocycles. The summed E-state index contributed by atoms with van der Waals surface area (Å²) in [7, 11) is 0. The molecule has 0 aliphatic rings. The third-order valence-corrected chi connectivity index (χ3v) is 5.05. The van der Waals surface area contributed by atoms with E-state index in [1.807, 2.05) is 41.8 Å². The molecular weight excluding hydrogens is 304 g/mol. The van der Waals surface area contributed by atoms with Gasteiger partial charge in [0, 0.05) is 24.5 Å². The Labute approximate surface area is 139 Å². The summed E-state index contributed by atoms with van der Waals surface area (Å²) in [5, 5.41) is 2.26. The molecule has 0 N–H and O–H groups in total. The van der Waals surface area contributed by atoms with E-state index in [4.69, 9.17) is 4.99 Å². The van der Waals surface area contributed by atoms with Crippen molar-refractivity contribution in [3.8, 4) is 0 Å². The van der Waals surface area contributed by atoms with Gasteiger partial charge in [-0.1, -0.05) is 53.8 Å². The van der Waals surface area contributed by atoms with Gasteiger partial charge in [0.2, 0.25) is 0 Å². The smallest absolute Gasteiger partial charge is 0.191 e. The Bertz CT molecular complexity index is 958. The summed E-state index contributed by atoms with van der Waals surface area (Å²) in [5.41, 5.74) is 1.86. The number of thiazole rings is 1. The van der Waals surface area contributed by atoms with Crippen molar-refractivity contribution in [2.45, 2.75) is 20.4 Å². The van der Waals surface area contributed by atoms with Crippen LogP contribution in [0.15, 0.2) is 60.1 Å². The van der Waals surface area contributed by atoms with E-state index < -0.39 is 0 Å². The van der Waals surface area contributed by atoms with E-state index in [1.165, 1.54) is 11.3 Å². The van der Waals surface area contributed by atoms with E-state index in [9.17, 15) is 4.79 Å². The van der Waals surface area contributed by atoms with Crippen LogP contribution in [0.5, 0.6) is 0 Å². The lowest BCUT2D eigenvalue weighted by Crippen LogP contribution is -2.15. The van der Waals surface area contributed by atoms with Gasteiger partial charge in [0.1, 0.15) is 0 Å². The monoisotopic (exact) mass is 322 g/mol. The first-order valence-electron chi connectivity index (χ1n) is 7.46. The third-order valence-electron chi connectivity index (χ3n) is 3.77. The second-order valence-corrected chi connectivity index (χ2v) is 6.34. The maximum absolute atomic E-state index is 11.8. The molecule has 3 aromatic rings. The number of allylic oxidation sites excluding steroid dienone is 1. The van der Waals surface area contributed by atoms with E-state index in [1.54, 1.807) is 6.92 Å². The van der Waals surface area contributed by atoms with Crippen LogP contribution in [-0.4, -0.2) is 10.4 Å². The zero-order chi connectivity index (χ0) is 16.4. The number of ketones is 1. The average molecular weight is 322 g/mol. The average Bonchev–Trinajstić information content (AvgIpc) is 2.85. The lowest BCUT2D eigenvalue weighted by molar-refractivity contribution is 0.102. The van der Waals surface area contributed by atoms with Gasteiger partial charge >= 0.3 is 0 Å². The number of hydrogen-bond donors (Lipinski definition) is 0. The largest absolute Gasteiger partial charge is 0.317 e. The highest BCUT2D eigenvalue weighted by atomic mass is 32.1. The molecule has 0 bridgehead atoms. The van der Waals surface area contributed by atoms with Crippen molar-refractivity contribution in [2.24, 2.45) is 4.99 Å². The number of Topliss-reactive ketones (excluding diaryl/α,β-unsaturated/α-hetero) is 1. The Morgan fingerprint density at radius 2 is 2.00 bits per heavy atom. The minimum Gasteiger partial charge on any atom is -0.317 e. The molecule has 3 nitrogen and oxygen atoms in total. The van der Waals surface area contributed by atoms with Crippen LogP contribution in [0.1, 0.15) is 22.3 Å². The Morgan fingerprint density at radius 3 is 2.74 bits per heavy atom. The van der Waals surface area contributed by atoms with Crippen molar-refractivity contribution < 1.29 is 4.79 Å². The molecule has 23 heavy (non-hydrogen) atoms. The lowest BCUT2D eigenvalue weighted by Gasteiger charge is -2.04. The number of nitrogens with zero attached hydrogens (tertiary/aromatic N) is 2. The molecule has 0 fully saturated rings. The van der Waals surface area contributed by atoms with Crippen molar-refractivity contribution in [1.82, 2.24) is 4.57 Å². The first-order chi connectivity index (χ1) is 11.1. The maximum atomic E-state index is 11.8. The molecule has 0 atom stereocenters. The predicted molar refractivity (Wildman–Crippen MR) is 96.4 cm³/mol. The van der Waals surface area contributed by atoms with Crippen LogP contribution in [0.2, 0.25) is 0 Å². The van der Waals surface area contributed by atoms with Gasteiger partial charge in [-0.05, 0) is 18.4 Å². The van der Waals surface area contributed by atoms with Gasteiger partial charge in [0.25, 0.3) is 0 Å². The summed E-state index contributed by atoms with van der Waals surface area (Å²) in [4.78, 5) is 18.2. The molecule has 4 heteroatoms. The molecule has 0 aliphatic carbocycles. The highest BCUT2D eigenvalue weighted by Crippen LogP contribution is 2.25. The standard InChI is InChI=1S/C19H18N2OS/c1-4-12-21-13(2)18(14(3)22)23-19(21)20-17-11-7-9-15-8-5-6-10-16(15)17/h4-11H,1,12H2,2-3H3. The minimum atomic E-state index is 0.0738. The molecule has 3 rings (SSSR count). The third kappa shape index (κ3) is 2.90. The van der Waals surface area contributed by atoms with Crippen molar-refractivity contribution in [1.29, 1.82) is 0 Å². The van der Waals surface area contributed by atoms with Gasteiger partial charge in [0.15, 0.2) is 10.6 Å². The molecule has 1 heterocycles. The van der Waals surface area contributed by atoms with Crippen molar-refractivity contribution >= 4 is 33.6 Å². The SMILES string of the molecule is C=CCn1c(C)c(C(C)=O)sc1=Nc1cccc2ccccc12. The van der Waals surface area contributed by atoms with Gasteiger partial charge < -0.3 is 4.57 Å². The molecule has 0 unspecified atom stereocenters. The van der Waals surface area contributed by atoms with Crippen molar-refractivity contribution in [3.05, 3.63) is 70.5 Å². The number of hydrogen-bond acceptors (Lipinski definition) is 3. The summed E-state index contributed by atoms with van der Waals surface area (Å²) >= 11 is 1.44. The first kappa shape index (κ1) is 15.4. The second-order valence-electron chi connectivity index (χ2n) is 5.36. The highest BCUT2D eigenvalue weighted by Gasteiger charge is 2.12. The summed E-state index contributed by atoms with van der Waals surface area (Å²) in [6.07, 6.45) is 1.83. The molecule has 0 aliphatic heterocycles. The van der Waals surface area contributed by atoms with Crippen LogP contribution >= 0.6 is 11.3 Å². The van der Waals surface area contributed by atoms with Crippen molar-refractivity contribution in [2.75, 3.05) is 0 Å². The molecule has 0 saturated heterocycles. The summed E-state index contributed by atoms with van der Waals surface area (Å²) in [6.45, 7) is 8.00. The van der Waals surface area contributed by atoms with Gasteiger partial charge in [0.05, 0.1) is 10.6 Å². The van der Waals surface area contributed by atoms with E-state index in [0.29, 0.717) is 6.54 Å². The minimum absolute atomic E-state index is 0.0738. The fraction of sp³-hybridized carbons (Fsp3) is 0.158. The van der Waals surface area contributed by atoms with E-state index in [2.05, 4.69) is 24.8 Å². The number of fused-ring (bicyclic) bond motifs is 1. The molecule has 0 radical (unpaired) electrons. The van der Waals surface area contributed by atoms with Gasteiger partial charge in [-0.2, -0.15) is 0 Å². The van der Waals surface area contributed by atoms with Crippen LogP contribution in [0.3, 0.4) is 0 Å². The van der Waals surface area contributed by atoms with Crippen LogP contribution in [0, 0.1) is 6.92 Å². The Morgan fingerprint density at radius 1 is 1.26 bits per heavy atom. The summed E-state index contributed by atoms with van der Waals surface area (Å²) < 4.78 is 2.04. The lowest BCUT2D eigenvalue weighted by atomic mass is 10.1. The number of benzene rings is 2. The Balaban J connectivity index is 2.28. The van der Waals surface area contributed by atoms with E-state index >= 15 is 0 Å². The van der Waals surface area contributed by atoms with E-state index in [0.717, 1.165) is 31.8 Å². The van der Waals surface area contributed by atoms with Gasteiger partial charge in [-0.15, -0.1) is 6.58 Å². The second kappa shape index (κ2) is 6.34. The molecular formula is C19H18N2OS. The molecule has 0 spiro atoms. The maximum Gasteiger partial charge on any atom is 0.191 e. The molecule has 0 saturated carbocycles. The summed E-state index contributed by atoms with van der Waals surface area (Å²) in [6, 6.07) is 14.3. The Hall–Kier alpha value is -2.46. The van der Waals surface area contributed by atoms with Crippen LogP contribution < -0.4 is 4.80 Å². The number of carbonyl (C=O) groups is 1. The topological polar surface area (TPSA) is 34.4 Å². The zero-order valence-electron chi connectivity index (χ0n) is 13.2. The molecule has 0 amide bonds. The number of carbonyl (C=O) groups excluding carboxylic acids is 1. The van der Waals surface area contributed by atoms with E-state index in [-0.39, 0.29) is 5.78 Å². The van der Waals surface area contributed by atoms with Crippen LogP contribution in [0.4, 0.5) is 5.69 Å². The van der Waals surface area contributed by atoms with Gasteiger partial charge in [-0.3, -0.25) is 4.79 Å². The normalized spacial score (nSPS) is 11.8. The fourth-order valence-corrected chi connectivity index (χ4v) is 3.70. The number of aromatic nitrogens is 1. The molecule has 2 aromatic carbocycles. The van der Waals surface area contributed by atoms with Gasteiger partial charge in [-0.25, -0.2) is 4.99 Å². The highest BCUT2D eigenvalue weighted by molar-refractivity contribution is 7.11. The zero-order valence-corrected chi connectivity index (χ0v) is 14.1. The Kier molecular flexibility index (Phi) is 4.26. The van der Waals surface area contributed by atoms with Crippen molar-refractivity contribution in [3.63, 3.8) is 0 Å². The fourth-order valence-electron chi connectivity index (χ4n) is 2.65. The quantitative estimate of drug-likeness (QED) is 0.509. The molecule has 116 valence electrons. The van der Waals surface area contributed by atoms with Crippen LogP contribution in [-0.2, 0) is 6.54 Å². The first-order valence-corrected chi connectivity index (χ1v) is 8.28. The summed E-state index contributed by atoms with van der Waals surface area (Å²) in [5.74, 6) is 0.0738. The van der Waals surface area contributed by atoms with Crippen LogP contribution in [0.25, 0.3) is 10.8 Å². The predicted octanol–water partition coefficient (Wildman–Crippen LogP) is 4.63. The number of rotatable bonds is 4.